The van der Waals surface area contributed by atoms with Crippen molar-refractivity contribution in [3.05, 3.63) is 83.4 Å². The van der Waals surface area contributed by atoms with E-state index in [4.69, 9.17) is 21.1 Å². The molecule has 0 aliphatic carbocycles. The molecular formula is C30H32ClN3O6S. The van der Waals surface area contributed by atoms with Crippen molar-refractivity contribution in [2.75, 3.05) is 38.2 Å². The van der Waals surface area contributed by atoms with E-state index >= 15 is 0 Å². The van der Waals surface area contributed by atoms with Gasteiger partial charge in [-0.05, 0) is 55.2 Å². The van der Waals surface area contributed by atoms with E-state index in [0.717, 1.165) is 5.56 Å². The van der Waals surface area contributed by atoms with Gasteiger partial charge in [-0.25, -0.2) is 8.42 Å². The Hall–Kier alpha value is -3.60. The highest BCUT2D eigenvalue weighted by Crippen LogP contribution is 2.36. The number of para-hydroxylation sites is 2. The van der Waals surface area contributed by atoms with E-state index in [9.17, 15) is 18.0 Å². The Labute approximate surface area is 245 Å². The van der Waals surface area contributed by atoms with Crippen LogP contribution in [0.1, 0.15) is 18.4 Å². The van der Waals surface area contributed by atoms with E-state index < -0.39 is 22.0 Å². The average Bonchev–Trinajstić information content (AvgIpc) is 3.00. The number of carbonyl (C=O) groups excluding carboxylic acids is 2. The number of carbonyl (C=O) groups is 2. The fourth-order valence-electron chi connectivity index (χ4n) is 5.19. The molecule has 9 nitrogen and oxygen atoms in total. The van der Waals surface area contributed by atoms with Crippen molar-refractivity contribution in [3.63, 3.8) is 0 Å². The first-order valence-corrected chi connectivity index (χ1v) is 15.3. The third kappa shape index (κ3) is 6.34. The molecular weight excluding hydrogens is 566 g/mol. The molecule has 0 bridgehead atoms. The summed E-state index contributed by atoms with van der Waals surface area (Å²) >= 11 is 6.16. The van der Waals surface area contributed by atoms with Gasteiger partial charge < -0.3 is 19.7 Å². The molecule has 1 fully saturated rings. The molecule has 1 atom stereocenters. The second-order valence-corrected chi connectivity index (χ2v) is 12.4. The van der Waals surface area contributed by atoms with E-state index in [1.54, 1.807) is 23.1 Å². The number of hydrogen-bond acceptors (Lipinski definition) is 6. The van der Waals surface area contributed by atoms with Crippen LogP contribution in [0.15, 0.2) is 77.7 Å². The second kappa shape index (κ2) is 12.5. The molecule has 0 aromatic heterocycles. The average molecular weight is 598 g/mol. The summed E-state index contributed by atoms with van der Waals surface area (Å²) in [4.78, 5) is 28.5. The lowest BCUT2D eigenvalue weighted by Crippen LogP contribution is -2.53. The van der Waals surface area contributed by atoms with Crippen molar-refractivity contribution in [1.82, 2.24) is 9.62 Å². The van der Waals surface area contributed by atoms with Gasteiger partial charge in [-0.2, -0.15) is 4.31 Å². The van der Waals surface area contributed by atoms with E-state index in [-0.39, 0.29) is 41.4 Å². The number of halogens is 1. The maximum absolute atomic E-state index is 13.8. The molecule has 3 aromatic rings. The van der Waals surface area contributed by atoms with Gasteiger partial charge in [0.2, 0.25) is 15.9 Å². The summed E-state index contributed by atoms with van der Waals surface area (Å²) in [5, 5.41) is 3.14. The van der Waals surface area contributed by atoms with E-state index in [0.29, 0.717) is 43.0 Å². The SMILES string of the molecule is COc1ccc(S(=O)(=O)N2CCC(C(=O)N3C[C@H](C(=O)NCCc4ccccc4)Oc4ccccc43)CC2)cc1Cl. The Morgan fingerprint density at radius 2 is 1.73 bits per heavy atom. The molecule has 11 heteroatoms. The summed E-state index contributed by atoms with van der Waals surface area (Å²) < 4.78 is 39.0. The van der Waals surface area contributed by atoms with Crippen molar-refractivity contribution < 1.29 is 27.5 Å². The van der Waals surface area contributed by atoms with Crippen LogP contribution in [0.25, 0.3) is 0 Å². The van der Waals surface area contributed by atoms with Crippen LogP contribution < -0.4 is 19.7 Å². The largest absolute Gasteiger partial charge is 0.495 e. The number of hydrogen-bond donors (Lipinski definition) is 1. The number of rotatable bonds is 8. The molecule has 2 heterocycles. The third-order valence-electron chi connectivity index (χ3n) is 7.45. The van der Waals surface area contributed by atoms with Crippen molar-refractivity contribution in [3.8, 4) is 11.5 Å². The molecule has 3 aromatic carbocycles. The minimum atomic E-state index is -3.79. The quantitative estimate of drug-likeness (QED) is 0.422. The van der Waals surface area contributed by atoms with Crippen LogP contribution in [0.3, 0.4) is 0 Å². The standard InChI is InChI=1S/C30H32ClN3O6S/c1-39-26-12-11-23(19-24(26)31)41(37,38)33-17-14-22(15-18-33)30(36)34-20-28(40-27-10-6-5-9-25(27)34)29(35)32-16-13-21-7-3-2-4-8-21/h2-12,19,22,28H,13-18,20H2,1H3,(H,32,35)/t28-/m1/s1. The molecule has 2 aliphatic heterocycles. The highest BCUT2D eigenvalue weighted by atomic mass is 35.5. The number of sulfonamides is 1. The summed E-state index contributed by atoms with van der Waals surface area (Å²) in [7, 11) is -2.32. The molecule has 5 rings (SSSR count). The van der Waals surface area contributed by atoms with Gasteiger partial charge in [0.1, 0.15) is 11.5 Å². The van der Waals surface area contributed by atoms with Gasteiger partial charge in [-0.15, -0.1) is 0 Å². The Kier molecular flexibility index (Phi) is 8.82. The molecule has 41 heavy (non-hydrogen) atoms. The van der Waals surface area contributed by atoms with Crippen LogP contribution in [0.2, 0.25) is 5.02 Å². The van der Waals surface area contributed by atoms with E-state index in [1.807, 2.05) is 36.4 Å². The van der Waals surface area contributed by atoms with Gasteiger partial charge in [0.15, 0.2) is 6.10 Å². The lowest BCUT2D eigenvalue weighted by molar-refractivity contribution is -0.129. The molecule has 216 valence electrons. The third-order valence-corrected chi connectivity index (χ3v) is 9.64. The van der Waals surface area contributed by atoms with E-state index in [2.05, 4.69) is 5.32 Å². The molecule has 0 unspecified atom stereocenters. The lowest BCUT2D eigenvalue weighted by Gasteiger charge is -2.38. The molecule has 2 amide bonds. The highest BCUT2D eigenvalue weighted by Gasteiger charge is 2.39. The predicted octanol–water partition coefficient (Wildman–Crippen LogP) is 3.90. The van der Waals surface area contributed by atoms with Crippen LogP contribution in [-0.2, 0) is 26.0 Å². The molecule has 0 saturated carbocycles. The van der Waals surface area contributed by atoms with E-state index in [1.165, 1.54) is 29.6 Å². The highest BCUT2D eigenvalue weighted by molar-refractivity contribution is 7.89. The minimum absolute atomic E-state index is 0.0792. The minimum Gasteiger partial charge on any atom is -0.495 e. The Morgan fingerprint density at radius 3 is 2.44 bits per heavy atom. The van der Waals surface area contributed by atoms with Crippen LogP contribution in [0.5, 0.6) is 11.5 Å². The summed E-state index contributed by atoms with van der Waals surface area (Å²) in [6.07, 6.45) is 0.540. The maximum atomic E-state index is 13.8. The smallest absolute Gasteiger partial charge is 0.262 e. The number of ether oxygens (including phenoxy) is 2. The Morgan fingerprint density at radius 1 is 1.02 bits per heavy atom. The zero-order valence-electron chi connectivity index (χ0n) is 22.7. The lowest BCUT2D eigenvalue weighted by atomic mass is 9.95. The van der Waals surface area contributed by atoms with Crippen LogP contribution in [-0.4, -0.2) is 63.9 Å². The number of amides is 2. The second-order valence-electron chi connectivity index (χ2n) is 10.0. The predicted molar refractivity (Wildman–Crippen MR) is 156 cm³/mol. The van der Waals surface area contributed by atoms with Crippen LogP contribution in [0, 0.1) is 5.92 Å². The first-order valence-electron chi connectivity index (χ1n) is 13.5. The number of fused-ring (bicyclic) bond motifs is 1. The molecule has 1 N–H and O–H groups in total. The number of piperidine rings is 1. The fraction of sp³-hybridized carbons (Fsp3) is 0.333. The summed E-state index contributed by atoms with van der Waals surface area (Å²) in [5.41, 5.74) is 1.72. The number of methoxy groups -OCH3 is 1. The molecule has 0 radical (unpaired) electrons. The Balaban J connectivity index is 1.23. The molecule has 2 aliphatic rings. The van der Waals surface area contributed by atoms with Crippen LogP contribution in [0.4, 0.5) is 5.69 Å². The number of benzene rings is 3. The topological polar surface area (TPSA) is 105 Å². The first-order chi connectivity index (χ1) is 19.8. The van der Waals surface area contributed by atoms with Crippen LogP contribution >= 0.6 is 11.6 Å². The van der Waals surface area contributed by atoms with Gasteiger partial charge in [0.05, 0.1) is 29.3 Å². The molecule has 0 spiro atoms. The fourth-order valence-corrected chi connectivity index (χ4v) is 7.01. The van der Waals surface area contributed by atoms with Gasteiger partial charge in [0.25, 0.3) is 5.91 Å². The van der Waals surface area contributed by atoms with Crippen molar-refractivity contribution in [1.29, 1.82) is 0 Å². The van der Waals surface area contributed by atoms with Gasteiger partial charge in [0, 0.05) is 25.6 Å². The summed E-state index contributed by atoms with van der Waals surface area (Å²) in [6, 6.07) is 21.4. The summed E-state index contributed by atoms with van der Waals surface area (Å²) in [5.74, 6) is 0.0316. The maximum Gasteiger partial charge on any atom is 0.262 e. The normalized spacial score (nSPS) is 17.8. The molecule has 1 saturated heterocycles. The van der Waals surface area contributed by atoms with Crippen molar-refractivity contribution in [2.24, 2.45) is 5.92 Å². The first kappa shape index (κ1) is 28.9. The summed E-state index contributed by atoms with van der Waals surface area (Å²) in [6.45, 7) is 0.913. The Bertz CT molecular complexity index is 1510. The van der Waals surface area contributed by atoms with Crippen molar-refractivity contribution >= 4 is 39.1 Å². The van der Waals surface area contributed by atoms with Gasteiger partial charge in [-0.1, -0.05) is 54.1 Å². The van der Waals surface area contributed by atoms with Gasteiger partial charge in [-0.3, -0.25) is 9.59 Å². The zero-order chi connectivity index (χ0) is 29.0. The zero-order valence-corrected chi connectivity index (χ0v) is 24.2. The number of nitrogens with zero attached hydrogens (tertiary/aromatic N) is 2. The number of anilines is 1. The monoisotopic (exact) mass is 597 g/mol. The van der Waals surface area contributed by atoms with Crippen molar-refractivity contribution in [2.45, 2.75) is 30.3 Å². The van der Waals surface area contributed by atoms with Gasteiger partial charge >= 0.3 is 0 Å². The number of nitrogens with one attached hydrogen (secondary N) is 1.